The van der Waals surface area contributed by atoms with Crippen molar-refractivity contribution >= 4 is 22.7 Å². The molecule has 4 nitrogen and oxygen atoms in total. The molecule has 0 unspecified atom stereocenters. The number of pyridine rings is 1. The van der Waals surface area contributed by atoms with Gasteiger partial charge in [-0.15, -0.1) is 11.8 Å². The highest BCUT2D eigenvalue weighted by Gasteiger charge is 2.17. The van der Waals surface area contributed by atoms with Crippen molar-refractivity contribution < 1.29 is 4.74 Å². The van der Waals surface area contributed by atoms with Crippen LogP contribution >= 0.6 is 11.8 Å². The molecule has 0 spiro atoms. The number of methoxy groups -OCH3 is 1. The fourth-order valence-corrected chi connectivity index (χ4v) is 3.34. The molecule has 0 radical (unpaired) electrons. The maximum Gasteiger partial charge on any atom is 0.208 e. The molecule has 23 heavy (non-hydrogen) atoms. The van der Waals surface area contributed by atoms with Crippen molar-refractivity contribution in [3.05, 3.63) is 64.3 Å². The van der Waals surface area contributed by atoms with Crippen LogP contribution in [0.5, 0.6) is 5.75 Å². The highest BCUT2D eigenvalue weighted by atomic mass is 32.2. The van der Waals surface area contributed by atoms with E-state index in [9.17, 15) is 10.1 Å². The Morgan fingerprint density at radius 1 is 1.17 bits per heavy atom. The molecule has 2 aromatic carbocycles. The Morgan fingerprint density at radius 2 is 1.96 bits per heavy atom. The van der Waals surface area contributed by atoms with Gasteiger partial charge in [-0.25, -0.2) is 0 Å². The predicted octanol–water partition coefficient (Wildman–Crippen LogP) is 3.59. The highest BCUT2D eigenvalue weighted by Crippen LogP contribution is 2.28. The normalized spacial score (nSPS) is 10.5. The lowest BCUT2D eigenvalue weighted by molar-refractivity contribution is 0.414. The smallest absolute Gasteiger partial charge is 0.208 e. The molecule has 1 heterocycles. The maximum absolute atomic E-state index is 12.6. The quantitative estimate of drug-likeness (QED) is 0.692. The summed E-state index contributed by atoms with van der Waals surface area (Å²) < 4.78 is 7.23. The number of rotatable bonds is 3. The molecule has 0 aliphatic heterocycles. The minimum atomic E-state index is -0.230. The van der Waals surface area contributed by atoms with Crippen LogP contribution in [0.25, 0.3) is 16.6 Å². The fourth-order valence-electron chi connectivity index (χ4n) is 2.61. The second-order valence-corrected chi connectivity index (χ2v) is 5.67. The molecule has 3 rings (SSSR count). The number of hydrogen-bond donors (Lipinski definition) is 0. The van der Waals surface area contributed by atoms with Gasteiger partial charge in [-0.05, 0) is 30.5 Å². The molecule has 3 aromatic rings. The third-order valence-electron chi connectivity index (χ3n) is 3.65. The lowest BCUT2D eigenvalue weighted by Crippen LogP contribution is -2.15. The van der Waals surface area contributed by atoms with Crippen molar-refractivity contribution in [1.29, 1.82) is 5.26 Å². The average Bonchev–Trinajstić information content (AvgIpc) is 2.61. The molecule has 0 saturated carbocycles. The SMILES string of the molecule is COc1cccc(-n2c(SC)c(C#N)c(=O)c3ccccc32)c1. The number of nitriles is 1. The van der Waals surface area contributed by atoms with Crippen LogP contribution in [0.4, 0.5) is 0 Å². The van der Waals surface area contributed by atoms with Gasteiger partial charge >= 0.3 is 0 Å². The van der Waals surface area contributed by atoms with E-state index in [0.29, 0.717) is 10.4 Å². The largest absolute Gasteiger partial charge is 0.497 e. The van der Waals surface area contributed by atoms with E-state index in [-0.39, 0.29) is 11.0 Å². The molecule has 0 amide bonds. The van der Waals surface area contributed by atoms with E-state index in [2.05, 4.69) is 6.07 Å². The van der Waals surface area contributed by atoms with Gasteiger partial charge in [-0.3, -0.25) is 4.79 Å². The Balaban J connectivity index is 2.50. The molecule has 0 aliphatic carbocycles. The fraction of sp³-hybridized carbons (Fsp3) is 0.111. The van der Waals surface area contributed by atoms with Gasteiger partial charge in [0.2, 0.25) is 5.43 Å². The summed E-state index contributed by atoms with van der Waals surface area (Å²) >= 11 is 1.38. The Hall–Kier alpha value is -2.71. The lowest BCUT2D eigenvalue weighted by Gasteiger charge is -2.17. The van der Waals surface area contributed by atoms with Crippen LogP contribution in [0.1, 0.15) is 5.56 Å². The highest BCUT2D eigenvalue weighted by molar-refractivity contribution is 7.98. The summed E-state index contributed by atoms with van der Waals surface area (Å²) in [4.78, 5) is 12.6. The van der Waals surface area contributed by atoms with Crippen LogP contribution in [-0.2, 0) is 0 Å². The van der Waals surface area contributed by atoms with Gasteiger partial charge in [0.15, 0.2) is 0 Å². The van der Waals surface area contributed by atoms with Crippen LogP contribution in [0.3, 0.4) is 0 Å². The van der Waals surface area contributed by atoms with Gasteiger partial charge in [0.1, 0.15) is 22.4 Å². The Kier molecular flexibility index (Phi) is 4.09. The Labute approximate surface area is 137 Å². The number of aromatic nitrogens is 1. The number of ether oxygens (including phenoxy) is 1. The number of hydrogen-bond acceptors (Lipinski definition) is 4. The number of para-hydroxylation sites is 1. The van der Waals surface area contributed by atoms with Crippen LogP contribution in [-0.4, -0.2) is 17.9 Å². The number of thioether (sulfide) groups is 1. The molecule has 114 valence electrons. The molecule has 0 saturated heterocycles. The van der Waals surface area contributed by atoms with Crippen molar-refractivity contribution in [3.8, 4) is 17.5 Å². The Bertz CT molecular complexity index is 986. The van der Waals surface area contributed by atoms with Gasteiger partial charge < -0.3 is 9.30 Å². The van der Waals surface area contributed by atoms with E-state index < -0.39 is 0 Å². The first kappa shape index (κ1) is 15.2. The van der Waals surface area contributed by atoms with Crippen LogP contribution in [0.15, 0.2) is 58.4 Å². The summed E-state index contributed by atoms with van der Waals surface area (Å²) in [5, 5.41) is 10.6. The van der Waals surface area contributed by atoms with Crippen LogP contribution < -0.4 is 10.2 Å². The van der Waals surface area contributed by atoms with Crippen molar-refractivity contribution in [3.63, 3.8) is 0 Å². The van der Waals surface area contributed by atoms with Gasteiger partial charge in [-0.2, -0.15) is 5.26 Å². The molecule has 0 fully saturated rings. The summed E-state index contributed by atoms with van der Waals surface area (Å²) in [5.41, 5.74) is 1.56. The van der Waals surface area contributed by atoms with Crippen molar-refractivity contribution in [2.45, 2.75) is 5.03 Å². The zero-order valence-electron chi connectivity index (χ0n) is 12.7. The van der Waals surface area contributed by atoms with Crippen LogP contribution in [0, 0.1) is 11.3 Å². The van der Waals surface area contributed by atoms with Gasteiger partial charge in [-0.1, -0.05) is 18.2 Å². The maximum atomic E-state index is 12.6. The first-order chi connectivity index (χ1) is 11.2. The molecule has 0 aliphatic rings. The van der Waals surface area contributed by atoms with Crippen molar-refractivity contribution in [2.75, 3.05) is 13.4 Å². The molecule has 0 N–H and O–H groups in total. The van der Waals surface area contributed by atoms with E-state index in [4.69, 9.17) is 4.74 Å². The Morgan fingerprint density at radius 3 is 2.65 bits per heavy atom. The number of nitrogens with zero attached hydrogens (tertiary/aromatic N) is 2. The summed E-state index contributed by atoms with van der Waals surface area (Å²) in [6.45, 7) is 0. The van der Waals surface area contributed by atoms with E-state index in [1.165, 1.54) is 11.8 Å². The minimum Gasteiger partial charge on any atom is -0.497 e. The summed E-state index contributed by atoms with van der Waals surface area (Å²) in [6, 6.07) is 16.9. The second kappa shape index (κ2) is 6.19. The van der Waals surface area contributed by atoms with E-state index >= 15 is 0 Å². The third-order valence-corrected chi connectivity index (χ3v) is 4.42. The van der Waals surface area contributed by atoms with E-state index in [1.807, 2.05) is 47.2 Å². The standard InChI is InChI=1S/C18H14N2O2S/c1-22-13-7-5-6-12(10-13)20-16-9-4-3-8-14(16)17(21)15(11-19)18(20)23-2/h3-10H,1-2H3. The van der Waals surface area contributed by atoms with Crippen LogP contribution in [0.2, 0.25) is 0 Å². The topological polar surface area (TPSA) is 55.0 Å². The van der Waals surface area contributed by atoms with Crippen molar-refractivity contribution in [2.24, 2.45) is 0 Å². The predicted molar refractivity (Wildman–Crippen MR) is 92.6 cm³/mol. The summed E-state index contributed by atoms with van der Waals surface area (Å²) in [6.07, 6.45) is 1.86. The lowest BCUT2D eigenvalue weighted by atomic mass is 10.1. The summed E-state index contributed by atoms with van der Waals surface area (Å²) in [7, 11) is 1.61. The molecular formula is C18H14N2O2S. The number of fused-ring (bicyclic) bond motifs is 1. The van der Waals surface area contributed by atoms with E-state index in [1.54, 1.807) is 19.2 Å². The van der Waals surface area contributed by atoms with Crippen molar-refractivity contribution in [1.82, 2.24) is 4.57 Å². The van der Waals surface area contributed by atoms with Gasteiger partial charge in [0.05, 0.1) is 18.3 Å². The monoisotopic (exact) mass is 322 g/mol. The molecule has 5 heteroatoms. The zero-order valence-corrected chi connectivity index (χ0v) is 13.6. The first-order valence-electron chi connectivity index (χ1n) is 6.97. The molecule has 1 aromatic heterocycles. The minimum absolute atomic E-state index is 0.166. The van der Waals surface area contributed by atoms with Gasteiger partial charge in [0, 0.05) is 11.5 Å². The zero-order chi connectivity index (χ0) is 16.4. The molecule has 0 bridgehead atoms. The average molecular weight is 322 g/mol. The summed E-state index contributed by atoms with van der Waals surface area (Å²) in [5.74, 6) is 0.718. The first-order valence-corrected chi connectivity index (χ1v) is 8.20. The second-order valence-electron chi connectivity index (χ2n) is 4.88. The molecule has 0 atom stereocenters. The van der Waals surface area contributed by atoms with Gasteiger partial charge in [0.25, 0.3) is 0 Å². The van der Waals surface area contributed by atoms with E-state index in [0.717, 1.165) is 17.0 Å². The molecular weight excluding hydrogens is 308 g/mol. The third kappa shape index (κ3) is 2.47. The number of benzene rings is 2.